The van der Waals surface area contributed by atoms with Gasteiger partial charge in [0.05, 0.1) is 11.8 Å². The highest BCUT2D eigenvalue weighted by Crippen LogP contribution is 2.19. The summed E-state index contributed by atoms with van der Waals surface area (Å²) in [6, 6.07) is 0. The number of fused-ring (bicyclic) bond motifs is 1. The highest BCUT2D eigenvalue weighted by Gasteiger charge is 2.22. The average molecular weight is 263 g/mol. The number of hydrogen-bond donors (Lipinski definition) is 3. The molecule has 0 saturated carbocycles. The largest absolute Gasteiger partial charge is 0.388 e. The minimum atomic E-state index is -0.788. The maximum atomic E-state index is 10.3. The van der Waals surface area contributed by atoms with Crippen molar-refractivity contribution in [1.82, 2.24) is 14.4 Å². The van der Waals surface area contributed by atoms with Crippen LogP contribution in [0.5, 0.6) is 0 Å². The Morgan fingerprint density at radius 2 is 2.26 bits per heavy atom. The van der Waals surface area contributed by atoms with E-state index in [1.54, 1.807) is 12.4 Å². The lowest BCUT2D eigenvalue weighted by Gasteiger charge is -2.25. The summed E-state index contributed by atoms with van der Waals surface area (Å²) in [5.41, 5.74) is 5.66. The highest BCUT2D eigenvalue weighted by atomic mass is 16.3. The second-order valence-corrected chi connectivity index (χ2v) is 5.62. The third-order valence-electron chi connectivity index (χ3n) is 2.88. The molecule has 0 fully saturated rings. The molecular formula is C13H21N5O. The third-order valence-corrected chi connectivity index (χ3v) is 2.88. The number of rotatable bonds is 5. The van der Waals surface area contributed by atoms with E-state index in [-0.39, 0.29) is 0 Å². The van der Waals surface area contributed by atoms with Gasteiger partial charge in [0.2, 0.25) is 0 Å². The summed E-state index contributed by atoms with van der Waals surface area (Å²) < 4.78 is 1.81. The molecule has 0 bridgehead atoms. The van der Waals surface area contributed by atoms with Crippen molar-refractivity contribution in [3.63, 3.8) is 0 Å². The van der Waals surface area contributed by atoms with Crippen molar-refractivity contribution in [2.45, 2.75) is 32.8 Å². The van der Waals surface area contributed by atoms with E-state index >= 15 is 0 Å². The fourth-order valence-electron chi connectivity index (χ4n) is 2.30. The number of anilines is 2. The van der Waals surface area contributed by atoms with Crippen molar-refractivity contribution in [3.05, 3.63) is 18.6 Å². The summed E-state index contributed by atoms with van der Waals surface area (Å²) >= 11 is 0. The van der Waals surface area contributed by atoms with Crippen molar-refractivity contribution in [2.24, 2.45) is 5.92 Å². The molecule has 19 heavy (non-hydrogen) atoms. The molecule has 2 heterocycles. The molecule has 0 aliphatic rings. The number of hydrogen-bond acceptors (Lipinski definition) is 5. The molecule has 0 saturated heterocycles. The van der Waals surface area contributed by atoms with E-state index in [2.05, 4.69) is 29.1 Å². The highest BCUT2D eigenvalue weighted by molar-refractivity contribution is 5.64. The summed E-state index contributed by atoms with van der Waals surface area (Å²) in [5.74, 6) is 1.43. The summed E-state index contributed by atoms with van der Waals surface area (Å²) in [5, 5.41) is 13.4. The Labute approximate surface area is 112 Å². The maximum Gasteiger partial charge on any atom is 0.180 e. The molecule has 0 aromatic carbocycles. The maximum absolute atomic E-state index is 10.3. The number of imidazole rings is 1. The molecule has 0 aliphatic carbocycles. The number of nitrogen functional groups attached to an aromatic ring is 1. The van der Waals surface area contributed by atoms with Crippen LogP contribution in [0.3, 0.4) is 0 Å². The van der Waals surface area contributed by atoms with E-state index in [1.807, 2.05) is 17.5 Å². The molecule has 6 nitrogen and oxygen atoms in total. The van der Waals surface area contributed by atoms with Crippen molar-refractivity contribution < 1.29 is 5.11 Å². The lowest BCUT2D eigenvalue weighted by Crippen LogP contribution is -2.35. The molecular weight excluding hydrogens is 242 g/mol. The van der Waals surface area contributed by atoms with Gasteiger partial charge in [0.1, 0.15) is 5.82 Å². The van der Waals surface area contributed by atoms with Gasteiger partial charge in [-0.05, 0) is 19.3 Å². The van der Waals surface area contributed by atoms with E-state index in [0.29, 0.717) is 36.2 Å². The normalized spacial score (nSPS) is 14.8. The van der Waals surface area contributed by atoms with Crippen LogP contribution in [-0.4, -0.2) is 31.6 Å². The van der Waals surface area contributed by atoms with Gasteiger partial charge in [0.15, 0.2) is 11.5 Å². The standard InChI is InChI=1S/C13H21N5O/c1-9(2)6-13(3,19)8-16-11-12-15-4-5-18(12)7-10(14)17-11/h4-5,7,9,19H,6,8,14H2,1-3H3,(H,16,17). The van der Waals surface area contributed by atoms with Gasteiger partial charge in [-0.2, -0.15) is 0 Å². The quantitative estimate of drug-likeness (QED) is 0.761. The van der Waals surface area contributed by atoms with Gasteiger partial charge in [-0.15, -0.1) is 0 Å². The van der Waals surface area contributed by atoms with Gasteiger partial charge < -0.3 is 20.6 Å². The Balaban J connectivity index is 2.15. The van der Waals surface area contributed by atoms with Crippen molar-refractivity contribution in [1.29, 1.82) is 0 Å². The third kappa shape index (κ3) is 3.35. The first kappa shape index (κ1) is 13.6. The molecule has 0 spiro atoms. The molecule has 2 rings (SSSR count). The molecule has 2 aromatic rings. The Hall–Kier alpha value is -1.82. The van der Waals surface area contributed by atoms with Crippen LogP contribution >= 0.6 is 0 Å². The predicted octanol–water partition coefficient (Wildman–Crippen LogP) is 1.52. The SMILES string of the molecule is CC(C)CC(C)(O)CNc1nc(N)cn2ccnc12. The molecule has 1 unspecified atom stereocenters. The van der Waals surface area contributed by atoms with Crippen molar-refractivity contribution in [3.8, 4) is 0 Å². The van der Waals surface area contributed by atoms with E-state index in [1.165, 1.54) is 0 Å². The van der Waals surface area contributed by atoms with Crippen molar-refractivity contribution >= 4 is 17.3 Å². The number of nitrogens with two attached hydrogens (primary N) is 1. The summed E-state index contributed by atoms with van der Waals surface area (Å²) in [6.45, 7) is 6.39. The van der Waals surface area contributed by atoms with E-state index < -0.39 is 5.60 Å². The van der Waals surface area contributed by atoms with Crippen LogP contribution < -0.4 is 11.1 Å². The van der Waals surface area contributed by atoms with Gasteiger partial charge in [0.25, 0.3) is 0 Å². The van der Waals surface area contributed by atoms with E-state index in [0.717, 1.165) is 0 Å². The monoisotopic (exact) mass is 263 g/mol. The smallest absolute Gasteiger partial charge is 0.180 e. The first-order chi connectivity index (χ1) is 8.87. The van der Waals surface area contributed by atoms with Gasteiger partial charge >= 0.3 is 0 Å². The van der Waals surface area contributed by atoms with Crippen LogP contribution in [0.15, 0.2) is 18.6 Å². The van der Waals surface area contributed by atoms with Crippen LogP contribution in [0.2, 0.25) is 0 Å². The lowest BCUT2D eigenvalue weighted by molar-refractivity contribution is 0.0515. The zero-order chi connectivity index (χ0) is 14.0. The molecule has 0 radical (unpaired) electrons. The van der Waals surface area contributed by atoms with Gasteiger partial charge in [0, 0.05) is 18.9 Å². The molecule has 6 heteroatoms. The predicted molar refractivity (Wildman–Crippen MR) is 76.0 cm³/mol. The van der Waals surface area contributed by atoms with E-state index in [9.17, 15) is 5.11 Å². The van der Waals surface area contributed by atoms with Crippen LogP contribution in [0, 0.1) is 5.92 Å². The van der Waals surface area contributed by atoms with Gasteiger partial charge in [-0.3, -0.25) is 0 Å². The number of aliphatic hydroxyl groups is 1. The average Bonchev–Trinajstić information content (AvgIpc) is 2.71. The Kier molecular flexibility index (Phi) is 3.61. The number of aromatic nitrogens is 3. The molecule has 0 amide bonds. The molecule has 1 atom stereocenters. The first-order valence-electron chi connectivity index (χ1n) is 6.43. The van der Waals surface area contributed by atoms with Crippen LogP contribution in [0.25, 0.3) is 5.65 Å². The van der Waals surface area contributed by atoms with Gasteiger partial charge in [-0.1, -0.05) is 13.8 Å². The van der Waals surface area contributed by atoms with Crippen LogP contribution in [-0.2, 0) is 0 Å². The summed E-state index contributed by atoms with van der Waals surface area (Å²) in [4.78, 5) is 8.45. The fourth-order valence-corrected chi connectivity index (χ4v) is 2.30. The van der Waals surface area contributed by atoms with E-state index in [4.69, 9.17) is 5.73 Å². The molecule has 0 aliphatic heterocycles. The Morgan fingerprint density at radius 1 is 1.53 bits per heavy atom. The first-order valence-corrected chi connectivity index (χ1v) is 6.43. The van der Waals surface area contributed by atoms with Gasteiger partial charge in [-0.25, -0.2) is 9.97 Å². The lowest BCUT2D eigenvalue weighted by atomic mass is 9.94. The van der Waals surface area contributed by atoms with Crippen molar-refractivity contribution in [2.75, 3.05) is 17.6 Å². The zero-order valence-corrected chi connectivity index (χ0v) is 11.6. The minimum absolute atomic E-state index is 0.407. The fraction of sp³-hybridized carbons (Fsp3) is 0.538. The molecule has 2 aromatic heterocycles. The zero-order valence-electron chi connectivity index (χ0n) is 11.6. The molecule has 104 valence electrons. The summed E-state index contributed by atoms with van der Waals surface area (Å²) in [6.07, 6.45) is 5.92. The Morgan fingerprint density at radius 3 is 2.95 bits per heavy atom. The van der Waals surface area contributed by atoms with Crippen LogP contribution in [0.4, 0.5) is 11.6 Å². The second kappa shape index (κ2) is 5.05. The van der Waals surface area contributed by atoms with Crippen LogP contribution in [0.1, 0.15) is 27.2 Å². The molecule has 4 N–H and O–H groups in total. The summed E-state index contributed by atoms with van der Waals surface area (Å²) in [7, 11) is 0. The number of nitrogens with zero attached hydrogens (tertiary/aromatic N) is 3. The second-order valence-electron chi connectivity index (χ2n) is 5.62. The Bertz CT molecular complexity index is 561. The minimum Gasteiger partial charge on any atom is -0.388 e. The topological polar surface area (TPSA) is 88.5 Å². The number of nitrogens with one attached hydrogen (secondary N) is 1.